The summed E-state index contributed by atoms with van der Waals surface area (Å²) >= 11 is 0. The molecular formula is C24H35N3O9. The minimum atomic E-state index is -2.27. The van der Waals surface area contributed by atoms with Gasteiger partial charge in [-0.15, -0.1) is 0 Å². The molecule has 1 aromatic rings. The molecule has 1 aromatic carbocycles. The number of carboxylic acids is 2. The molecule has 3 aliphatic rings. The Bertz CT molecular complexity index is 846. The minimum Gasteiger partial charge on any atom is -0.490 e. The summed E-state index contributed by atoms with van der Waals surface area (Å²) in [4.78, 5) is 36.4. The van der Waals surface area contributed by atoms with E-state index in [-0.39, 0.29) is 5.91 Å². The first-order chi connectivity index (χ1) is 17.2. The van der Waals surface area contributed by atoms with Gasteiger partial charge >= 0.3 is 11.9 Å². The lowest BCUT2D eigenvalue weighted by Gasteiger charge is -2.32. The maximum absolute atomic E-state index is 12.1. The molecule has 2 saturated heterocycles. The number of carbonyl (C=O) groups excluding carboxylic acids is 1. The van der Waals surface area contributed by atoms with Crippen LogP contribution in [0.1, 0.15) is 25.7 Å². The van der Waals surface area contributed by atoms with Crippen LogP contribution < -0.4 is 10.1 Å². The Morgan fingerprint density at radius 3 is 1.97 bits per heavy atom. The number of carbonyl (C=O) groups is 3. The Labute approximate surface area is 209 Å². The van der Waals surface area contributed by atoms with Gasteiger partial charge in [0.05, 0.1) is 19.8 Å². The van der Waals surface area contributed by atoms with Crippen LogP contribution >= 0.6 is 0 Å². The fourth-order valence-corrected chi connectivity index (χ4v) is 4.04. The van der Waals surface area contributed by atoms with E-state index >= 15 is 0 Å². The van der Waals surface area contributed by atoms with Crippen LogP contribution in [0.3, 0.4) is 0 Å². The molecule has 2 unspecified atom stereocenters. The van der Waals surface area contributed by atoms with E-state index in [1.54, 1.807) is 0 Å². The van der Waals surface area contributed by atoms with Gasteiger partial charge in [0.1, 0.15) is 11.9 Å². The van der Waals surface area contributed by atoms with Crippen molar-refractivity contribution in [2.75, 3.05) is 51.3 Å². The van der Waals surface area contributed by atoms with Gasteiger partial charge in [0, 0.05) is 37.9 Å². The molecule has 1 amide bonds. The summed E-state index contributed by atoms with van der Waals surface area (Å²) in [7, 11) is 0. The summed E-state index contributed by atoms with van der Waals surface area (Å²) in [6, 6.07) is 8.61. The molecule has 1 saturated carbocycles. The van der Waals surface area contributed by atoms with Crippen LogP contribution in [0.25, 0.3) is 0 Å². The van der Waals surface area contributed by atoms with Gasteiger partial charge in [-0.3, -0.25) is 9.69 Å². The molecule has 2 aliphatic heterocycles. The highest BCUT2D eigenvalue weighted by molar-refractivity contribution is 5.92. The number of aliphatic hydroxyl groups is 2. The maximum atomic E-state index is 12.1. The van der Waals surface area contributed by atoms with Gasteiger partial charge in [-0.05, 0) is 49.9 Å². The van der Waals surface area contributed by atoms with E-state index in [4.69, 9.17) is 29.9 Å². The number of amides is 1. The van der Waals surface area contributed by atoms with Crippen LogP contribution in [-0.2, 0) is 19.1 Å². The third-order valence-electron chi connectivity index (χ3n) is 6.26. The number of ether oxygens (including phenoxy) is 2. The summed E-state index contributed by atoms with van der Waals surface area (Å²) in [5, 5.41) is 35.5. The number of hydrogen-bond donors (Lipinski definition) is 5. The van der Waals surface area contributed by atoms with Crippen molar-refractivity contribution in [1.29, 1.82) is 0 Å². The second-order valence-electron chi connectivity index (χ2n) is 9.11. The molecule has 12 nitrogen and oxygen atoms in total. The fourth-order valence-electron chi connectivity index (χ4n) is 4.04. The Kier molecular flexibility index (Phi) is 10.4. The number of carboxylic acid groups (broad SMARTS) is 2. The summed E-state index contributed by atoms with van der Waals surface area (Å²) in [5.74, 6) is -2.63. The van der Waals surface area contributed by atoms with E-state index in [0.29, 0.717) is 25.9 Å². The smallest absolute Gasteiger partial charge is 0.335 e. The standard InChI is InChI=1S/C20H29N3O3.C4H6O6/c24-20(15-22-11-13-25-14-12-22)21-16-1-5-18(6-2-16)26-19-7-9-23(10-8-19)17-3-4-17;5-1(3(7)8)2(6)4(9)10/h1-2,5-6,17,19H,3-4,7-15H2,(H,21,24);1-2,5-6H,(H,7,8)(H,9,10). The summed E-state index contributed by atoms with van der Waals surface area (Å²) in [6.45, 7) is 5.79. The molecule has 0 radical (unpaired) electrons. The number of anilines is 1. The van der Waals surface area contributed by atoms with Gasteiger partial charge in [0.15, 0.2) is 12.2 Å². The second kappa shape index (κ2) is 13.5. The number of aliphatic hydroxyl groups excluding tert-OH is 2. The normalized spacial score (nSPS) is 20.9. The topological polar surface area (TPSA) is 169 Å². The molecular weight excluding hydrogens is 474 g/mol. The van der Waals surface area contributed by atoms with Crippen LogP contribution in [0.4, 0.5) is 5.69 Å². The number of aliphatic carboxylic acids is 2. The second-order valence-corrected chi connectivity index (χ2v) is 9.11. The predicted octanol–water partition coefficient (Wildman–Crippen LogP) is -0.160. The van der Waals surface area contributed by atoms with Gasteiger partial charge in [0.2, 0.25) is 5.91 Å². The van der Waals surface area contributed by atoms with Crippen LogP contribution in [0, 0.1) is 0 Å². The molecule has 0 aromatic heterocycles. The van der Waals surface area contributed by atoms with Gasteiger partial charge in [-0.2, -0.15) is 0 Å². The Balaban J connectivity index is 0.000000308. The maximum Gasteiger partial charge on any atom is 0.335 e. The number of nitrogens with zero attached hydrogens (tertiary/aromatic N) is 2. The highest BCUT2D eigenvalue weighted by atomic mass is 16.5. The molecule has 0 spiro atoms. The molecule has 4 rings (SSSR count). The number of benzene rings is 1. The lowest BCUT2D eigenvalue weighted by Crippen LogP contribution is -2.41. The first kappa shape index (κ1) is 27.8. The van der Waals surface area contributed by atoms with Crippen molar-refractivity contribution in [2.45, 2.75) is 50.0 Å². The van der Waals surface area contributed by atoms with E-state index in [2.05, 4.69) is 15.1 Å². The average Bonchev–Trinajstić information content (AvgIpc) is 3.71. The highest BCUT2D eigenvalue weighted by Crippen LogP contribution is 2.30. The van der Waals surface area contributed by atoms with Gasteiger partial charge < -0.3 is 40.1 Å². The van der Waals surface area contributed by atoms with Crippen molar-refractivity contribution < 1.29 is 44.3 Å². The van der Waals surface area contributed by atoms with Crippen molar-refractivity contribution in [3.05, 3.63) is 24.3 Å². The van der Waals surface area contributed by atoms with E-state index in [0.717, 1.165) is 56.5 Å². The molecule has 200 valence electrons. The van der Waals surface area contributed by atoms with Crippen LogP contribution in [0.15, 0.2) is 24.3 Å². The Hall–Kier alpha value is -2.77. The summed E-state index contributed by atoms with van der Waals surface area (Å²) in [5.41, 5.74) is 0.819. The van der Waals surface area contributed by atoms with E-state index in [9.17, 15) is 14.4 Å². The molecule has 12 heteroatoms. The molecule has 3 fully saturated rings. The van der Waals surface area contributed by atoms with Gasteiger partial charge in [-0.25, -0.2) is 9.59 Å². The first-order valence-electron chi connectivity index (χ1n) is 12.2. The van der Waals surface area contributed by atoms with E-state index in [1.807, 2.05) is 24.3 Å². The lowest BCUT2D eigenvalue weighted by molar-refractivity contribution is -0.165. The number of likely N-dealkylation sites (tertiary alicyclic amines) is 1. The highest BCUT2D eigenvalue weighted by Gasteiger charge is 2.32. The van der Waals surface area contributed by atoms with Crippen molar-refractivity contribution in [1.82, 2.24) is 9.80 Å². The monoisotopic (exact) mass is 509 g/mol. The lowest BCUT2D eigenvalue weighted by atomic mass is 10.1. The molecule has 5 N–H and O–H groups in total. The fraction of sp³-hybridized carbons (Fsp3) is 0.625. The molecule has 1 aliphatic carbocycles. The average molecular weight is 510 g/mol. The Morgan fingerprint density at radius 1 is 0.917 bits per heavy atom. The zero-order valence-electron chi connectivity index (χ0n) is 20.1. The van der Waals surface area contributed by atoms with Crippen molar-refractivity contribution in [2.24, 2.45) is 0 Å². The number of morpholine rings is 1. The number of hydrogen-bond acceptors (Lipinski definition) is 9. The third-order valence-corrected chi connectivity index (χ3v) is 6.26. The van der Waals surface area contributed by atoms with Gasteiger partial charge in [-0.1, -0.05) is 0 Å². The Morgan fingerprint density at radius 2 is 1.47 bits per heavy atom. The van der Waals surface area contributed by atoms with Gasteiger partial charge in [0.25, 0.3) is 0 Å². The molecule has 0 bridgehead atoms. The van der Waals surface area contributed by atoms with Crippen LogP contribution in [0.2, 0.25) is 0 Å². The molecule has 2 atom stereocenters. The quantitative estimate of drug-likeness (QED) is 0.300. The summed E-state index contributed by atoms with van der Waals surface area (Å²) < 4.78 is 11.4. The SMILES string of the molecule is O=C(CN1CCOCC1)Nc1ccc(OC2CCN(C3CC3)CC2)cc1.O=C(O)C(O)C(O)C(=O)O. The zero-order chi connectivity index (χ0) is 26.1. The largest absolute Gasteiger partial charge is 0.490 e. The van der Waals surface area contributed by atoms with Crippen LogP contribution in [0.5, 0.6) is 5.75 Å². The van der Waals surface area contributed by atoms with Crippen LogP contribution in [-0.4, -0.2) is 118 Å². The zero-order valence-corrected chi connectivity index (χ0v) is 20.1. The summed E-state index contributed by atoms with van der Waals surface area (Å²) in [6.07, 6.45) is 0.749. The first-order valence-corrected chi connectivity index (χ1v) is 12.2. The number of nitrogens with one attached hydrogen (secondary N) is 1. The number of piperidine rings is 1. The number of rotatable bonds is 9. The van der Waals surface area contributed by atoms with E-state index < -0.39 is 24.1 Å². The molecule has 36 heavy (non-hydrogen) atoms. The molecule has 2 heterocycles. The van der Waals surface area contributed by atoms with Crippen molar-refractivity contribution in [3.63, 3.8) is 0 Å². The van der Waals surface area contributed by atoms with E-state index in [1.165, 1.54) is 12.8 Å². The van der Waals surface area contributed by atoms with Crippen molar-refractivity contribution >= 4 is 23.5 Å². The third kappa shape index (κ3) is 9.03. The van der Waals surface area contributed by atoms with Crippen molar-refractivity contribution in [3.8, 4) is 5.75 Å². The predicted molar refractivity (Wildman–Crippen MR) is 128 cm³/mol. The minimum absolute atomic E-state index is 0.0213.